The van der Waals surface area contributed by atoms with Gasteiger partial charge in [0, 0.05) is 34.3 Å². The molecule has 0 bridgehead atoms. The van der Waals surface area contributed by atoms with Gasteiger partial charge in [0.25, 0.3) is 0 Å². The molecule has 4 aromatic heterocycles. The van der Waals surface area contributed by atoms with Gasteiger partial charge in [0.2, 0.25) is 0 Å². The minimum Gasteiger partial charge on any atom is -0.656 e. The van der Waals surface area contributed by atoms with E-state index in [1.807, 2.05) is 36.7 Å². The van der Waals surface area contributed by atoms with Crippen molar-refractivity contribution >= 4 is 65.4 Å². The van der Waals surface area contributed by atoms with Gasteiger partial charge in [-0.05, 0) is 44.8 Å². The van der Waals surface area contributed by atoms with Crippen molar-refractivity contribution in [1.82, 2.24) is 19.9 Å². The number of rotatable bonds is 2. The second kappa shape index (κ2) is 11.9. The molecule has 0 radical (unpaired) electrons. The van der Waals surface area contributed by atoms with Gasteiger partial charge in [0.15, 0.2) is 0 Å². The van der Waals surface area contributed by atoms with E-state index in [0.717, 1.165) is 66.1 Å². The van der Waals surface area contributed by atoms with Crippen LogP contribution < -0.4 is 9.97 Å². The van der Waals surface area contributed by atoms with Crippen LogP contribution in [0.2, 0.25) is 0 Å². The Morgan fingerprint density at radius 1 is 0.340 bits per heavy atom. The Labute approximate surface area is 283 Å². The van der Waals surface area contributed by atoms with Crippen molar-refractivity contribution in [2.75, 3.05) is 0 Å². The van der Waals surface area contributed by atoms with E-state index in [-0.39, 0.29) is 19.5 Å². The van der Waals surface area contributed by atoms with Crippen LogP contribution in [0.15, 0.2) is 158 Å². The summed E-state index contributed by atoms with van der Waals surface area (Å²) in [4.78, 5) is 18.9. The normalized spacial score (nSPS) is 11.2. The molecule has 0 spiro atoms. The number of aromatic nitrogens is 4. The monoisotopic (exact) mass is 650 g/mol. The standard InChI is InChI=1S/2C21H13N2.Zn/c2*1-2-12-19-15(8-1)16-10-4-11-18(21(16)23-19)17-9-3-6-14-7-5-13-22-20(14)17;/h2*1-13H;/q2*-1;+2. The van der Waals surface area contributed by atoms with Crippen molar-refractivity contribution in [3.8, 4) is 22.3 Å². The maximum Gasteiger partial charge on any atom is 2.00 e. The molecule has 0 aliphatic rings. The van der Waals surface area contributed by atoms with Crippen molar-refractivity contribution in [3.63, 3.8) is 0 Å². The second-order valence-electron chi connectivity index (χ2n) is 11.4. The minimum absolute atomic E-state index is 0. The molecule has 0 saturated heterocycles. The van der Waals surface area contributed by atoms with Gasteiger partial charge in [0.1, 0.15) is 0 Å². The number of hydrogen-bond donors (Lipinski definition) is 0. The predicted octanol–water partition coefficient (Wildman–Crippen LogP) is 10.3. The first kappa shape index (κ1) is 28.8. The van der Waals surface area contributed by atoms with E-state index in [0.29, 0.717) is 0 Å². The molecule has 0 saturated carbocycles. The third-order valence-corrected chi connectivity index (χ3v) is 8.77. The van der Waals surface area contributed by atoms with Gasteiger partial charge < -0.3 is 9.97 Å². The van der Waals surface area contributed by atoms with Crippen LogP contribution in [0.3, 0.4) is 0 Å². The summed E-state index contributed by atoms with van der Waals surface area (Å²) in [5.41, 5.74) is 10.8. The smallest absolute Gasteiger partial charge is 0.656 e. The van der Waals surface area contributed by atoms with Crippen molar-refractivity contribution < 1.29 is 19.5 Å². The van der Waals surface area contributed by atoms with Gasteiger partial charge in [-0.3, -0.25) is 9.97 Å². The first-order valence-electron chi connectivity index (χ1n) is 15.4. The topological polar surface area (TPSA) is 54.0 Å². The summed E-state index contributed by atoms with van der Waals surface area (Å²) in [6, 6.07) is 50.1. The van der Waals surface area contributed by atoms with Gasteiger partial charge in [-0.2, -0.15) is 0 Å². The summed E-state index contributed by atoms with van der Waals surface area (Å²) in [5, 5.41) is 7.11. The van der Waals surface area contributed by atoms with Gasteiger partial charge in [-0.15, -0.1) is 22.1 Å². The van der Waals surface area contributed by atoms with Gasteiger partial charge in [-0.1, -0.05) is 133 Å². The first-order valence-corrected chi connectivity index (χ1v) is 15.4. The summed E-state index contributed by atoms with van der Waals surface area (Å²) in [6.07, 6.45) is 3.70. The summed E-state index contributed by atoms with van der Waals surface area (Å²) in [7, 11) is 0. The molecule has 10 aromatic rings. The summed E-state index contributed by atoms with van der Waals surface area (Å²) in [5.74, 6) is 0. The summed E-state index contributed by atoms with van der Waals surface area (Å²) in [6.45, 7) is 0. The molecular formula is C42H26N4Zn. The van der Waals surface area contributed by atoms with E-state index < -0.39 is 0 Å². The predicted molar refractivity (Wildman–Crippen MR) is 191 cm³/mol. The fourth-order valence-corrected chi connectivity index (χ4v) is 6.68. The van der Waals surface area contributed by atoms with Crippen LogP contribution in [0.1, 0.15) is 0 Å². The second-order valence-corrected chi connectivity index (χ2v) is 11.4. The van der Waals surface area contributed by atoms with Crippen LogP contribution in [0.4, 0.5) is 0 Å². The number of fused-ring (bicyclic) bond motifs is 8. The molecule has 5 heteroatoms. The SMILES string of the molecule is [Zn+2].c1cnc2c(-c3cccc4c3[n-]c3ccccc34)cccc2c1.c1cnc2c(-c3cccc4c3[n-]c3ccccc34)cccc2c1. The number of pyridine rings is 2. The van der Waals surface area contributed by atoms with E-state index in [4.69, 9.17) is 9.97 Å². The molecule has 0 unspecified atom stereocenters. The quantitative estimate of drug-likeness (QED) is 0.175. The fourth-order valence-electron chi connectivity index (χ4n) is 6.68. The zero-order valence-corrected chi connectivity index (χ0v) is 28.5. The van der Waals surface area contributed by atoms with Crippen LogP contribution in [-0.4, -0.2) is 9.97 Å². The van der Waals surface area contributed by atoms with Crippen molar-refractivity contribution in [2.45, 2.75) is 0 Å². The van der Waals surface area contributed by atoms with Crippen LogP contribution in [-0.2, 0) is 19.5 Å². The van der Waals surface area contributed by atoms with E-state index in [2.05, 4.69) is 131 Å². The number of hydrogen-bond acceptors (Lipinski definition) is 2. The molecule has 216 valence electrons. The molecule has 4 heterocycles. The molecule has 0 atom stereocenters. The van der Waals surface area contributed by atoms with Crippen molar-refractivity contribution in [3.05, 3.63) is 158 Å². The molecule has 0 N–H and O–H groups in total. The van der Waals surface area contributed by atoms with E-state index in [1.165, 1.54) is 21.5 Å². The number of nitrogens with zero attached hydrogens (tertiary/aromatic N) is 4. The molecule has 0 fully saturated rings. The van der Waals surface area contributed by atoms with Crippen molar-refractivity contribution in [2.24, 2.45) is 0 Å². The maximum atomic E-state index is 4.87. The Bertz CT molecular complexity index is 2520. The van der Waals surface area contributed by atoms with Crippen molar-refractivity contribution in [1.29, 1.82) is 0 Å². The average molecular weight is 652 g/mol. The maximum absolute atomic E-state index is 4.87. The Morgan fingerprint density at radius 2 is 0.723 bits per heavy atom. The molecular weight excluding hydrogens is 626 g/mol. The number of benzene rings is 6. The van der Waals surface area contributed by atoms with Gasteiger partial charge in [-0.25, -0.2) is 0 Å². The van der Waals surface area contributed by atoms with Crippen LogP contribution in [0.5, 0.6) is 0 Å². The Morgan fingerprint density at radius 3 is 1.21 bits per heavy atom. The molecule has 6 aromatic carbocycles. The molecule has 0 amide bonds. The zero-order valence-electron chi connectivity index (χ0n) is 25.5. The van der Waals surface area contributed by atoms with Crippen LogP contribution in [0, 0.1) is 0 Å². The molecule has 47 heavy (non-hydrogen) atoms. The summed E-state index contributed by atoms with van der Waals surface area (Å²) < 4.78 is 0. The Kier molecular flexibility index (Phi) is 7.32. The van der Waals surface area contributed by atoms with E-state index in [1.54, 1.807) is 0 Å². The van der Waals surface area contributed by atoms with E-state index in [9.17, 15) is 0 Å². The van der Waals surface area contributed by atoms with Gasteiger partial charge in [0.05, 0.1) is 11.0 Å². The third kappa shape index (κ3) is 4.88. The third-order valence-electron chi connectivity index (χ3n) is 8.77. The molecule has 0 aliphatic heterocycles. The van der Waals surface area contributed by atoms with E-state index >= 15 is 0 Å². The molecule has 10 rings (SSSR count). The molecule has 4 nitrogen and oxygen atoms in total. The minimum atomic E-state index is 0. The largest absolute Gasteiger partial charge is 2.00 e. The Balaban J connectivity index is 0.000000135. The summed E-state index contributed by atoms with van der Waals surface area (Å²) >= 11 is 0. The zero-order chi connectivity index (χ0) is 30.5. The van der Waals surface area contributed by atoms with Gasteiger partial charge >= 0.3 is 19.5 Å². The fraction of sp³-hybridized carbons (Fsp3) is 0. The first-order chi connectivity index (χ1) is 22.8. The van der Waals surface area contributed by atoms with Crippen LogP contribution >= 0.6 is 0 Å². The Hall–Kier alpha value is -5.64. The molecule has 0 aliphatic carbocycles. The average Bonchev–Trinajstić information content (AvgIpc) is 3.70. The van der Waals surface area contributed by atoms with Crippen LogP contribution in [0.25, 0.3) is 87.7 Å². The number of para-hydroxylation sites is 6.